The van der Waals surface area contributed by atoms with Crippen molar-refractivity contribution in [3.8, 4) is 0 Å². The fourth-order valence-electron chi connectivity index (χ4n) is 3.87. The van der Waals surface area contributed by atoms with E-state index < -0.39 is 0 Å². The van der Waals surface area contributed by atoms with Crippen LogP contribution in [-0.2, 0) is 0 Å². The van der Waals surface area contributed by atoms with Gasteiger partial charge in [0.15, 0.2) is 0 Å². The van der Waals surface area contributed by atoms with Crippen molar-refractivity contribution in [1.29, 1.82) is 0 Å². The molecule has 1 nitrogen and oxygen atoms in total. The predicted octanol–water partition coefficient (Wildman–Crippen LogP) is 5.63. The average Bonchev–Trinajstić information content (AvgIpc) is 2.56. The number of fused-ring (bicyclic) bond motifs is 2. The Balaban J connectivity index is 2.29. The molecule has 0 aliphatic heterocycles. The van der Waals surface area contributed by atoms with Gasteiger partial charge in [0, 0.05) is 5.69 Å². The molecule has 5 rings (SSSR count). The van der Waals surface area contributed by atoms with E-state index in [1.165, 1.54) is 48.7 Å². The lowest BCUT2D eigenvalue weighted by Crippen LogP contribution is -1.93. The van der Waals surface area contributed by atoms with Crippen LogP contribution in [-0.4, -0.2) is 0 Å². The molecule has 0 aliphatic carbocycles. The minimum absolute atomic E-state index is 0.871. The smallest absolute Gasteiger partial charge is 0.0356 e. The molecule has 0 saturated heterocycles. The molecule has 0 fully saturated rings. The van der Waals surface area contributed by atoms with Gasteiger partial charge in [-0.25, -0.2) is 0 Å². The minimum Gasteiger partial charge on any atom is -0.398 e. The maximum atomic E-state index is 6.28. The molecule has 2 N–H and O–H groups in total. The van der Waals surface area contributed by atoms with Crippen LogP contribution in [0, 0.1) is 6.92 Å². The summed E-state index contributed by atoms with van der Waals surface area (Å²) in [6, 6.07) is 21.8. The van der Waals surface area contributed by atoms with Gasteiger partial charge in [0.2, 0.25) is 0 Å². The zero-order valence-electron chi connectivity index (χ0n) is 12.4. The lowest BCUT2D eigenvalue weighted by atomic mass is 9.88. The van der Waals surface area contributed by atoms with E-state index in [4.69, 9.17) is 5.73 Å². The van der Waals surface area contributed by atoms with E-state index in [1.807, 2.05) is 0 Å². The summed E-state index contributed by atoms with van der Waals surface area (Å²) >= 11 is 0. The number of rotatable bonds is 0. The number of hydrogen-bond donors (Lipinski definition) is 1. The first-order valence-corrected chi connectivity index (χ1v) is 7.60. The average molecular weight is 281 g/mol. The van der Waals surface area contributed by atoms with Crippen LogP contribution >= 0.6 is 0 Å². The molecule has 0 aliphatic rings. The van der Waals surface area contributed by atoms with Crippen LogP contribution in [0.4, 0.5) is 5.69 Å². The standard InChI is InChI=1S/C21H15N/c1-12-14-7-4-10-16-15-8-2-5-13-6-3-9-17(20(13)15)18(21(14)16)11-19(12)22/h2-11H,22H2,1H3. The lowest BCUT2D eigenvalue weighted by Gasteiger charge is -2.16. The van der Waals surface area contributed by atoms with Gasteiger partial charge in [-0.2, -0.15) is 0 Å². The summed E-state index contributed by atoms with van der Waals surface area (Å²) in [5.74, 6) is 0. The van der Waals surface area contributed by atoms with Gasteiger partial charge in [-0.1, -0.05) is 54.6 Å². The Morgan fingerprint density at radius 1 is 0.636 bits per heavy atom. The van der Waals surface area contributed by atoms with Crippen LogP contribution in [0.3, 0.4) is 0 Å². The van der Waals surface area contributed by atoms with Crippen molar-refractivity contribution in [3.63, 3.8) is 0 Å². The summed E-state index contributed by atoms with van der Waals surface area (Å²) in [4.78, 5) is 0. The predicted molar refractivity (Wildman–Crippen MR) is 96.8 cm³/mol. The first-order valence-electron chi connectivity index (χ1n) is 7.60. The molecule has 5 aromatic carbocycles. The maximum absolute atomic E-state index is 6.28. The molecule has 0 amide bonds. The van der Waals surface area contributed by atoms with E-state index in [0.717, 1.165) is 5.69 Å². The van der Waals surface area contributed by atoms with Gasteiger partial charge in [0.25, 0.3) is 0 Å². The fraction of sp³-hybridized carbons (Fsp3) is 0.0476. The first kappa shape index (κ1) is 11.8. The van der Waals surface area contributed by atoms with Crippen LogP contribution < -0.4 is 5.73 Å². The van der Waals surface area contributed by atoms with E-state index in [2.05, 4.69) is 67.6 Å². The van der Waals surface area contributed by atoms with Crippen LogP contribution in [0.15, 0.2) is 60.7 Å². The molecule has 0 atom stereocenters. The molecule has 0 aromatic heterocycles. The van der Waals surface area contributed by atoms with E-state index in [0.29, 0.717) is 0 Å². The second-order valence-electron chi connectivity index (χ2n) is 6.08. The molecule has 0 radical (unpaired) electrons. The normalized spacial score (nSPS) is 12.0. The Kier molecular flexibility index (Phi) is 2.09. The molecule has 0 unspecified atom stereocenters. The molecule has 0 heterocycles. The van der Waals surface area contributed by atoms with Gasteiger partial charge in [0.1, 0.15) is 0 Å². The number of hydrogen-bond acceptors (Lipinski definition) is 1. The van der Waals surface area contributed by atoms with Crippen LogP contribution in [0.1, 0.15) is 5.56 Å². The molecule has 5 aromatic rings. The third-order valence-corrected chi connectivity index (χ3v) is 4.96. The van der Waals surface area contributed by atoms with E-state index >= 15 is 0 Å². The third kappa shape index (κ3) is 1.29. The van der Waals surface area contributed by atoms with Gasteiger partial charge in [-0.05, 0) is 61.6 Å². The summed E-state index contributed by atoms with van der Waals surface area (Å²) < 4.78 is 0. The Morgan fingerprint density at radius 2 is 1.18 bits per heavy atom. The van der Waals surface area contributed by atoms with Crippen LogP contribution in [0.5, 0.6) is 0 Å². The van der Waals surface area contributed by atoms with Crippen molar-refractivity contribution < 1.29 is 0 Å². The molecule has 1 heteroatoms. The van der Waals surface area contributed by atoms with Crippen molar-refractivity contribution >= 4 is 48.8 Å². The molecular formula is C21H15N. The zero-order chi connectivity index (χ0) is 14.8. The SMILES string of the molecule is Cc1c(N)cc2c3cccc4cccc(c5cccc1c52)c43. The summed E-state index contributed by atoms with van der Waals surface area (Å²) in [7, 11) is 0. The third-order valence-electron chi connectivity index (χ3n) is 4.96. The number of aryl methyl sites for hydroxylation is 1. The molecule has 0 saturated carbocycles. The highest BCUT2D eigenvalue weighted by Crippen LogP contribution is 2.42. The van der Waals surface area contributed by atoms with Crippen molar-refractivity contribution in [3.05, 3.63) is 66.2 Å². The number of anilines is 1. The monoisotopic (exact) mass is 281 g/mol. The zero-order valence-corrected chi connectivity index (χ0v) is 12.4. The van der Waals surface area contributed by atoms with Gasteiger partial charge < -0.3 is 5.73 Å². The van der Waals surface area contributed by atoms with Crippen molar-refractivity contribution in [1.82, 2.24) is 0 Å². The van der Waals surface area contributed by atoms with E-state index in [9.17, 15) is 0 Å². The summed E-state index contributed by atoms with van der Waals surface area (Å²) in [6.07, 6.45) is 0. The molecule has 0 bridgehead atoms. The van der Waals surface area contributed by atoms with E-state index in [1.54, 1.807) is 0 Å². The van der Waals surface area contributed by atoms with Gasteiger partial charge in [-0.15, -0.1) is 0 Å². The minimum atomic E-state index is 0.871. The largest absolute Gasteiger partial charge is 0.398 e. The molecule has 104 valence electrons. The Morgan fingerprint density at radius 3 is 1.91 bits per heavy atom. The summed E-state index contributed by atoms with van der Waals surface area (Å²) in [5, 5.41) is 10.4. The maximum Gasteiger partial charge on any atom is 0.0356 e. The molecule has 22 heavy (non-hydrogen) atoms. The highest BCUT2D eigenvalue weighted by molar-refractivity contribution is 6.33. The van der Waals surface area contributed by atoms with Crippen molar-refractivity contribution in [2.24, 2.45) is 0 Å². The lowest BCUT2D eigenvalue weighted by molar-refractivity contribution is 1.54. The first-order chi connectivity index (χ1) is 10.8. The van der Waals surface area contributed by atoms with Crippen molar-refractivity contribution in [2.45, 2.75) is 6.92 Å². The molecular weight excluding hydrogens is 266 g/mol. The van der Waals surface area contributed by atoms with Gasteiger partial charge in [0.05, 0.1) is 0 Å². The quantitative estimate of drug-likeness (QED) is 0.222. The number of nitrogens with two attached hydrogens (primary N) is 1. The Bertz CT molecular complexity index is 1180. The van der Waals surface area contributed by atoms with Crippen LogP contribution in [0.25, 0.3) is 43.1 Å². The number of nitrogen functional groups attached to an aromatic ring is 1. The highest BCUT2D eigenvalue weighted by Gasteiger charge is 2.14. The topological polar surface area (TPSA) is 26.0 Å². The molecule has 0 spiro atoms. The second-order valence-corrected chi connectivity index (χ2v) is 6.08. The fourth-order valence-corrected chi connectivity index (χ4v) is 3.87. The van der Waals surface area contributed by atoms with Gasteiger partial charge in [-0.3, -0.25) is 0 Å². The Hall–Kier alpha value is -2.80. The summed E-state index contributed by atoms with van der Waals surface area (Å²) in [5.41, 5.74) is 8.33. The highest BCUT2D eigenvalue weighted by atomic mass is 14.6. The van der Waals surface area contributed by atoms with Crippen LogP contribution in [0.2, 0.25) is 0 Å². The number of benzene rings is 5. The van der Waals surface area contributed by atoms with Crippen molar-refractivity contribution in [2.75, 3.05) is 5.73 Å². The van der Waals surface area contributed by atoms with E-state index in [-0.39, 0.29) is 0 Å². The Labute approximate surface area is 128 Å². The second kappa shape index (κ2) is 3.89. The van der Waals surface area contributed by atoms with Gasteiger partial charge >= 0.3 is 0 Å². The summed E-state index contributed by atoms with van der Waals surface area (Å²) in [6.45, 7) is 2.11.